The molecule has 0 amide bonds. The van der Waals surface area contributed by atoms with Crippen molar-refractivity contribution in [2.24, 2.45) is 0 Å². The summed E-state index contributed by atoms with van der Waals surface area (Å²) >= 11 is 0. The Morgan fingerprint density at radius 3 is 1.85 bits per heavy atom. The fraction of sp³-hybridized carbons (Fsp3) is 0.193. The van der Waals surface area contributed by atoms with E-state index in [9.17, 15) is 0 Å². The molecule has 286 valence electrons. The van der Waals surface area contributed by atoms with Gasteiger partial charge in [0, 0.05) is 33.2 Å². The first-order valence-electron chi connectivity index (χ1n) is 21.4. The van der Waals surface area contributed by atoms with E-state index >= 15 is 0 Å². The molecular weight excluding hydrogens is 713 g/mol. The summed E-state index contributed by atoms with van der Waals surface area (Å²) in [5, 5.41) is 1.35. The number of para-hydroxylation sites is 2. The molecule has 0 bridgehead atoms. The average Bonchev–Trinajstić information content (AvgIpc) is 3.70. The molecule has 0 saturated heterocycles. The molecule has 2 aliphatic carbocycles. The number of fused-ring (bicyclic) bond motifs is 10. The first kappa shape index (κ1) is 34.6. The minimum atomic E-state index is -0.183. The number of nitrogens with zero attached hydrogens (tertiary/aromatic N) is 2. The quantitative estimate of drug-likeness (QED) is 0.174. The zero-order valence-electron chi connectivity index (χ0n) is 34.8. The topological polar surface area (TPSA) is 8.17 Å². The standard InChI is InChI=1S/C57H48N2/c1-55(2)44-18-11-10-17-40(44)41-33-43-42-31-37(25-29-50(42)58(53(43)34-48(41)55)39-27-23-36(24-28-39)35-15-8-7-9-16-35)38-26-30-52-49(32-38)57(5,6)47-21-14-20-46-54(47)59(52)51-22-13-12-19-45(51)56(46,3)4/h7-32,34,41H,33H2,1-6H3. The lowest BCUT2D eigenvalue weighted by Crippen LogP contribution is -2.38. The Morgan fingerprint density at radius 1 is 0.475 bits per heavy atom. The van der Waals surface area contributed by atoms with Crippen LogP contribution in [0.1, 0.15) is 92.1 Å². The van der Waals surface area contributed by atoms with Crippen molar-refractivity contribution in [3.63, 3.8) is 0 Å². The smallest absolute Gasteiger partial charge is 0.0543 e. The molecular formula is C57H48N2. The summed E-state index contributed by atoms with van der Waals surface area (Å²) in [7, 11) is 0. The average molecular weight is 761 g/mol. The highest BCUT2D eigenvalue weighted by Crippen LogP contribution is 2.60. The summed E-state index contributed by atoms with van der Waals surface area (Å²) in [5.74, 6) is 0.378. The Labute approximate surface area is 348 Å². The second-order valence-corrected chi connectivity index (χ2v) is 18.9. The van der Waals surface area contributed by atoms with E-state index in [1.165, 1.54) is 106 Å². The van der Waals surface area contributed by atoms with E-state index in [4.69, 9.17) is 0 Å². The number of allylic oxidation sites excluding steroid dienone is 1. The third-order valence-electron chi connectivity index (χ3n) is 14.8. The van der Waals surface area contributed by atoms with Crippen molar-refractivity contribution in [1.29, 1.82) is 0 Å². The minimum absolute atomic E-state index is 0.0253. The van der Waals surface area contributed by atoms with Gasteiger partial charge in [-0.05, 0) is 116 Å². The molecule has 7 aromatic carbocycles. The molecule has 1 unspecified atom stereocenters. The normalized spacial score (nSPS) is 18.2. The maximum Gasteiger partial charge on any atom is 0.0543 e. The third kappa shape index (κ3) is 4.63. The Kier molecular flexibility index (Phi) is 6.96. The van der Waals surface area contributed by atoms with Gasteiger partial charge in [-0.15, -0.1) is 0 Å². The summed E-state index contributed by atoms with van der Waals surface area (Å²) in [5.41, 5.74) is 23.9. The summed E-state index contributed by atoms with van der Waals surface area (Å²) in [4.78, 5) is 2.56. The van der Waals surface area contributed by atoms with Crippen molar-refractivity contribution in [2.45, 2.75) is 70.1 Å². The molecule has 0 radical (unpaired) electrons. The molecule has 59 heavy (non-hydrogen) atoms. The van der Waals surface area contributed by atoms with Crippen LogP contribution in [0.5, 0.6) is 0 Å². The van der Waals surface area contributed by atoms with Gasteiger partial charge < -0.3 is 9.47 Å². The van der Waals surface area contributed by atoms with Gasteiger partial charge >= 0.3 is 0 Å². The fourth-order valence-corrected chi connectivity index (χ4v) is 11.7. The van der Waals surface area contributed by atoms with Crippen molar-refractivity contribution in [3.05, 3.63) is 208 Å². The first-order valence-corrected chi connectivity index (χ1v) is 21.4. The number of aromatic nitrogens is 1. The molecule has 0 spiro atoms. The van der Waals surface area contributed by atoms with Gasteiger partial charge in [0.15, 0.2) is 0 Å². The van der Waals surface area contributed by atoms with E-state index in [-0.39, 0.29) is 16.2 Å². The molecule has 12 rings (SSSR count). The van der Waals surface area contributed by atoms with E-state index in [0.29, 0.717) is 5.92 Å². The molecule has 4 aliphatic rings. The minimum Gasteiger partial charge on any atom is -0.310 e. The van der Waals surface area contributed by atoms with E-state index in [2.05, 4.69) is 215 Å². The third-order valence-corrected chi connectivity index (χ3v) is 14.8. The van der Waals surface area contributed by atoms with Crippen LogP contribution in [0.4, 0.5) is 17.1 Å². The monoisotopic (exact) mass is 760 g/mol. The van der Waals surface area contributed by atoms with Gasteiger partial charge in [-0.3, -0.25) is 0 Å². The second kappa shape index (κ2) is 11.9. The number of rotatable bonds is 3. The molecule has 1 atom stereocenters. The number of hydrogen-bond donors (Lipinski definition) is 0. The molecule has 2 nitrogen and oxygen atoms in total. The van der Waals surface area contributed by atoms with Gasteiger partial charge in [-0.1, -0.05) is 162 Å². The molecule has 0 saturated carbocycles. The summed E-state index contributed by atoms with van der Waals surface area (Å²) < 4.78 is 2.53. The Morgan fingerprint density at radius 2 is 1.07 bits per heavy atom. The Bertz CT molecular complexity index is 3100. The van der Waals surface area contributed by atoms with Gasteiger partial charge in [0.1, 0.15) is 0 Å². The number of benzene rings is 7. The SMILES string of the molecule is CC1(C)C2=Cc3c(c4cc(-c5ccc6c(c5)C(C)(C)c5cccc7c5N6c5ccccc5C7(C)C)ccc4n3-c3ccc(-c4ccccc4)cc3)CC2c2ccccc21. The number of hydrogen-bond acceptors (Lipinski definition) is 1. The highest BCUT2D eigenvalue weighted by Gasteiger charge is 2.46. The first-order chi connectivity index (χ1) is 28.5. The predicted octanol–water partition coefficient (Wildman–Crippen LogP) is 14.7. The van der Waals surface area contributed by atoms with E-state index in [1.54, 1.807) is 0 Å². The molecule has 8 aromatic rings. The van der Waals surface area contributed by atoms with Crippen molar-refractivity contribution < 1.29 is 0 Å². The zero-order chi connectivity index (χ0) is 40.0. The predicted molar refractivity (Wildman–Crippen MR) is 247 cm³/mol. The van der Waals surface area contributed by atoms with Gasteiger partial charge in [-0.2, -0.15) is 0 Å². The molecule has 1 aromatic heterocycles. The van der Waals surface area contributed by atoms with E-state index < -0.39 is 0 Å². The van der Waals surface area contributed by atoms with Crippen LogP contribution in [0.25, 0.3) is 44.9 Å². The van der Waals surface area contributed by atoms with E-state index in [0.717, 1.165) is 6.42 Å². The summed E-state index contributed by atoms with van der Waals surface area (Å²) in [6.45, 7) is 14.4. The lowest BCUT2D eigenvalue weighted by molar-refractivity contribution is 0.597. The van der Waals surface area contributed by atoms with Crippen molar-refractivity contribution in [1.82, 2.24) is 4.57 Å². The fourth-order valence-electron chi connectivity index (χ4n) is 11.7. The molecule has 2 aliphatic heterocycles. The van der Waals surface area contributed by atoms with E-state index in [1.807, 2.05) is 0 Å². The van der Waals surface area contributed by atoms with Crippen LogP contribution in [0.2, 0.25) is 0 Å². The molecule has 2 heteroatoms. The summed E-state index contributed by atoms with van der Waals surface area (Å²) in [6.07, 6.45) is 3.55. The lowest BCUT2D eigenvalue weighted by Gasteiger charge is -2.49. The largest absolute Gasteiger partial charge is 0.310 e. The van der Waals surface area contributed by atoms with Gasteiger partial charge in [0.05, 0.1) is 28.3 Å². The Hall–Kier alpha value is -6.38. The second-order valence-electron chi connectivity index (χ2n) is 18.9. The molecule has 0 N–H and O–H groups in total. The van der Waals surface area contributed by atoms with Crippen LogP contribution in [0, 0.1) is 0 Å². The molecule has 3 heterocycles. The van der Waals surface area contributed by atoms with Crippen molar-refractivity contribution in [2.75, 3.05) is 4.90 Å². The number of anilines is 3. The maximum absolute atomic E-state index is 2.56. The maximum atomic E-state index is 2.56. The van der Waals surface area contributed by atoms with Crippen molar-refractivity contribution in [3.8, 4) is 27.9 Å². The lowest BCUT2D eigenvalue weighted by atomic mass is 9.66. The Balaban J connectivity index is 1.04. The highest BCUT2D eigenvalue weighted by atomic mass is 15.2. The summed E-state index contributed by atoms with van der Waals surface area (Å²) in [6, 6.07) is 59.6. The van der Waals surface area contributed by atoms with Gasteiger partial charge in [0.2, 0.25) is 0 Å². The molecule has 0 fully saturated rings. The van der Waals surface area contributed by atoms with Crippen LogP contribution < -0.4 is 4.90 Å². The highest BCUT2D eigenvalue weighted by molar-refractivity contribution is 5.97. The van der Waals surface area contributed by atoms with Crippen LogP contribution in [0.3, 0.4) is 0 Å². The van der Waals surface area contributed by atoms with Crippen LogP contribution in [-0.4, -0.2) is 4.57 Å². The van der Waals surface area contributed by atoms with Gasteiger partial charge in [-0.25, -0.2) is 0 Å². The van der Waals surface area contributed by atoms with Gasteiger partial charge in [0.25, 0.3) is 0 Å². The van der Waals surface area contributed by atoms with Crippen LogP contribution in [0.15, 0.2) is 163 Å². The van der Waals surface area contributed by atoms with Crippen molar-refractivity contribution >= 4 is 34.0 Å². The van der Waals surface area contributed by atoms with Crippen LogP contribution >= 0.6 is 0 Å². The van der Waals surface area contributed by atoms with Crippen LogP contribution in [-0.2, 0) is 22.7 Å². The zero-order valence-corrected chi connectivity index (χ0v) is 34.8.